The van der Waals surface area contributed by atoms with E-state index in [1.165, 1.54) is 20.8 Å². The fourth-order valence-corrected chi connectivity index (χ4v) is 1.70. The Morgan fingerprint density at radius 2 is 1.20 bits per heavy atom. The van der Waals surface area contributed by atoms with E-state index in [0.717, 1.165) is 0 Å². The molecule has 0 saturated heterocycles. The number of hydrogen-bond acceptors (Lipinski definition) is 2. The van der Waals surface area contributed by atoms with Crippen LogP contribution in [-0.4, -0.2) is 23.8 Å². The van der Waals surface area contributed by atoms with E-state index in [1.807, 2.05) is 10.7 Å². The van der Waals surface area contributed by atoms with Crippen molar-refractivity contribution in [1.29, 1.82) is 0 Å². The number of nitrogens with two attached hydrogens (primary N) is 2. The summed E-state index contributed by atoms with van der Waals surface area (Å²) in [6.45, 7) is 1.32. The molecule has 0 unspecified atom stereocenters. The van der Waals surface area contributed by atoms with Crippen LogP contribution in [0.1, 0.15) is 0 Å². The van der Waals surface area contributed by atoms with Crippen LogP contribution in [0.4, 0.5) is 0 Å². The van der Waals surface area contributed by atoms with Crippen molar-refractivity contribution in [2.75, 3.05) is 13.1 Å². The molecule has 0 atom stereocenters. The largest absolute Gasteiger partial charge is 0.327 e. The van der Waals surface area contributed by atoms with Gasteiger partial charge in [-0.05, 0) is 10.7 Å². The molecule has 66 valence electrons. The van der Waals surface area contributed by atoms with Crippen LogP contribution in [-0.2, 0) is 34.1 Å². The van der Waals surface area contributed by atoms with E-state index < -0.39 is 0 Å². The summed E-state index contributed by atoms with van der Waals surface area (Å²) in [5, 5.41) is 4.02. The van der Waals surface area contributed by atoms with Gasteiger partial charge >= 0.3 is 0 Å². The maximum Gasteiger partial charge on any atom is 0.0166 e. The minimum absolute atomic E-state index is 0. The standard InChI is InChI=1S/C4H12N2S2.2Fe/c5-1-3-7-8-4-2-6;;/h3-4,7-8H,1-2,5-6H2;;. The quantitative estimate of drug-likeness (QED) is 0.237. The Bertz CT molecular complexity index is 85.3. The topological polar surface area (TPSA) is 52.0 Å². The van der Waals surface area contributed by atoms with Gasteiger partial charge in [0.05, 0.1) is 0 Å². The fourth-order valence-electron chi connectivity index (χ4n) is 0.189. The molecule has 0 fully saturated rings. The Morgan fingerprint density at radius 1 is 0.900 bits per heavy atom. The molecule has 0 spiro atoms. The first-order chi connectivity index (χ1) is 3.91. The summed E-state index contributed by atoms with van der Waals surface area (Å²) in [4.78, 5) is 0. The first-order valence-corrected chi connectivity index (χ1v) is 4.98. The van der Waals surface area contributed by atoms with Crippen LogP contribution in [0.25, 0.3) is 0 Å². The van der Waals surface area contributed by atoms with E-state index in [4.69, 9.17) is 11.5 Å². The van der Waals surface area contributed by atoms with E-state index >= 15 is 0 Å². The second-order valence-corrected chi connectivity index (χ2v) is 3.65. The second kappa shape index (κ2) is 16.8. The van der Waals surface area contributed by atoms with Gasteiger partial charge in [0.15, 0.2) is 0 Å². The van der Waals surface area contributed by atoms with Gasteiger partial charge < -0.3 is 11.5 Å². The van der Waals surface area contributed by atoms with E-state index in [0.29, 0.717) is 13.1 Å². The molecule has 0 aromatic carbocycles. The average molecular weight is 264 g/mol. The smallest absolute Gasteiger partial charge is 0.0166 e. The van der Waals surface area contributed by atoms with E-state index in [9.17, 15) is 0 Å². The predicted molar refractivity (Wildman–Crippen MR) is 48.2 cm³/mol. The van der Waals surface area contributed by atoms with Gasteiger partial charge in [0, 0.05) is 47.2 Å². The minimum atomic E-state index is 0. The van der Waals surface area contributed by atoms with Crippen LogP contribution >= 0.6 is 20.8 Å². The molecule has 4 N–H and O–H groups in total. The molecule has 0 aliphatic rings. The summed E-state index contributed by atoms with van der Waals surface area (Å²) in [6, 6.07) is 0. The third-order valence-corrected chi connectivity index (χ3v) is 2.70. The number of hydrogen-bond donors (Lipinski definition) is 4. The summed E-state index contributed by atoms with van der Waals surface area (Å²) in [5.74, 6) is 0. The van der Waals surface area contributed by atoms with Gasteiger partial charge in [-0.15, -0.1) is 0 Å². The summed E-state index contributed by atoms with van der Waals surface area (Å²) in [7, 11) is 2.49. The normalized spacial score (nSPS) is 11.0. The van der Waals surface area contributed by atoms with Crippen molar-refractivity contribution in [3.8, 4) is 0 Å². The summed E-state index contributed by atoms with van der Waals surface area (Å²) in [6.07, 6.45) is 0. The van der Waals surface area contributed by atoms with Gasteiger partial charge in [-0.2, -0.15) is 20.8 Å². The first kappa shape index (κ1) is 17.5. The fraction of sp³-hybridized carbons (Fsp3) is 0.500. The zero-order chi connectivity index (χ0) is 6.24. The number of thiol groups is 2. The van der Waals surface area contributed by atoms with Gasteiger partial charge in [-0.3, -0.25) is 0 Å². The van der Waals surface area contributed by atoms with E-state index in [1.54, 1.807) is 0 Å². The molecule has 0 rings (SSSR count). The third kappa shape index (κ3) is 16.2. The molecule has 0 aromatic rings. The van der Waals surface area contributed by atoms with Crippen molar-refractivity contribution < 1.29 is 34.1 Å². The van der Waals surface area contributed by atoms with Crippen molar-refractivity contribution in [2.24, 2.45) is 11.5 Å². The molecule has 0 heterocycles. The minimum Gasteiger partial charge on any atom is -0.327 e. The molecule has 10 heavy (non-hydrogen) atoms. The average Bonchev–Trinajstić information content (AvgIpc) is 1.81. The first-order valence-electron chi connectivity index (χ1n) is 2.35. The Balaban J connectivity index is -0.000000245. The van der Waals surface area contributed by atoms with E-state index in [-0.39, 0.29) is 34.1 Å². The molecule has 0 aliphatic carbocycles. The zero-order valence-electron chi connectivity index (χ0n) is 5.33. The van der Waals surface area contributed by atoms with Crippen LogP contribution in [0.5, 0.6) is 0 Å². The zero-order valence-corrected chi connectivity index (χ0v) is 9.32. The van der Waals surface area contributed by atoms with Gasteiger partial charge in [0.2, 0.25) is 0 Å². The molecule has 0 bridgehead atoms. The van der Waals surface area contributed by atoms with Gasteiger partial charge in [-0.25, -0.2) is 0 Å². The maximum atomic E-state index is 5.20. The summed E-state index contributed by atoms with van der Waals surface area (Å²) < 4.78 is 0. The molecular weight excluding hydrogens is 252 g/mol. The Morgan fingerprint density at radius 3 is 1.40 bits per heavy atom. The van der Waals surface area contributed by atoms with Crippen molar-refractivity contribution in [1.82, 2.24) is 0 Å². The monoisotopic (exact) mass is 264 g/mol. The summed E-state index contributed by atoms with van der Waals surface area (Å²) in [5.41, 5.74) is 10.4. The van der Waals surface area contributed by atoms with Gasteiger partial charge in [-0.1, -0.05) is 0 Å². The molecule has 0 saturated carbocycles. The molecule has 0 aromatic heterocycles. The number of rotatable bonds is 3. The van der Waals surface area contributed by atoms with Crippen molar-refractivity contribution >= 4 is 31.5 Å². The maximum absolute atomic E-state index is 5.20. The molecule has 6 heteroatoms. The van der Waals surface area contributed by atoms with Crippen LogP contribution in [0.3, 0.4) is 0 Å². The molecule has 0 amide bonds. The predicted octanol–water partition coefficient (Wildman–Crippen LogP) is -0.651. The molecule has 2 nitrogen and oxygen atoms in total. The second-order valence-electron chi connectivity index (χ2n) is 1.07. The molecule has 0 aliphatic heterocycles. The third-order valence-electron chi connectivity index (χ3n) is 0.441. The van der Waals surface area contributed by atoms with Crippen LogP contribution < -0.4 is 11.5 Å². The molecular formula is C4H12Fe2N2S2. The summed E-state index contributed by atoms with van der Waals surface area (Å²) >= 11 is 0. The van der Waals surface area contributed by atoms with Crippen LogP contribution in [0.15, 0.2) is 0 Å². The Labute approximate surface area is 89.8 Å². The Kier molecular flexibility index (Phi) is 29.3. The molecule has 0 radical (unpaired) electrons. The van der Waals surface area contributed by atoms with Gasteiger partial charge in [0.1, 0.15) is 0 Å². The van der Waals surface area contributed by atoms with Crippen molar-refractivity contribution in [2.45, 2.75) is 0 Å². The van der Waals surface area contributed by atoms with Crippen molar-refractivity contribution in [3.05, 3.63) is 0 Å². The van der Waals surface area contributed by atoms with Gasteiger partial charge in [0.25, 0.3) is 0 Å². The van der Waals surface area contributed by atoms with E-state index in [2.05, 4.69) is 0 Å². The van der Waals surface area contributed by atoms with Crippen LogP contribution in [0.2, 0.25) is 0 Å². The van der Waals surface area contributed by atoms with Crippen molar-refractivity contribution in [3.63, 3.8) is 0 Å². The SMILES string of the molecule is NCC=[SH][SH]=CCN.[Fe].[Fe]. The van der Waals surface area contributed by atoms with Crippen LogP contribution in [0, 0.1) is 0 Å². The Hall–Kier alpha value is 1.40.